The molecule has 0 unspecified atom stereocenters. The van der Waals surface area contributed by atoms with Gasteiger partial charge in [-0.05, 0) is 45.9 Å². The number of nitrogens with zero attached hydrogens (tertiary/aromatic N) is 2. The molecule has 1 amide bonds. The molecule has 6 heteroatoms. The Balaban J connectivity index is -0.000000739. The minimum absolute atomic E-state index is 0. The highest BCUT2D eigenvalue weighted by Gasteiger charge is 2.15. The molecular formula is C16H29N3O2S. The van der Waals surface area contributed by atoms with Crippen molar-refractivity contribution in [2.45, 2.75) is 47.6 Å². The van der Waals surface area contributed by atoms with E-state index < -0.39 is 12.2 Å². The number of aryl methyl sites for hydroxylation is 2. The van der Waals surface area contributed by atoms with E-state index in [0.29, 0.717) is 11.4 Å². The lowest BCUT2D eigenvalue weighted by Crippen LogP contribution is -2.21. The molecule has 126 valence electrons. The van der Waals surface area contributed by atoms with Crippen molar-refractivity contribution >= 4 is 30.0 Å². The summed E-state index contributed by atoms with van der Waals surface area (Å²) in [6.07, 6.45) is 0.810. The van der Waals surface area contributed by atoms with Crippen molar-refractivity contribution in [3.63, 3.8) is 0 Å². The molecule has 0 aliphatic carbocycles. The first-order valence-electron chi connectivity index (χ1n) is 7.03. The summed E-state index contributed by atoms with van der Waals surface area (Å²) in [6.45, 7) is 20.7. The number of hydrogen-bond acceptors (Lipinski definition) is 5. The third kappa shape index (κ3) is 7.17. The quantitative estimate of drug-likeness (QED) is 0.597. The van der Waals surface area contributed by atoms with Crippen molar-refractivity contribution in [2.24, 2.45) is 4.99 Å². The summed E-state index contributed by atoms with van der Waals surface area (Å²) in [5.41, 5.74) is 2.13. The van der Waals surface area contributed by atoms with Gasteiger partial charge in [-0.1, -0.05) is 19.9 Å². The molecule has 1 rings (SSSR count). The molecular weight excluding hydrogens is 298 g/mol. The second-order valence-electron chi connectivity index (χ2n) is 3.74. The van der Waals surface area contributed by atoms with Crippen LogP contribution in [-0.2, 0) is 4.74 Å². The number of amides is 1. The monoisotopic (exact) mass is 327 g/mol. The summed E-state index contributed by atoms with van der Waals surface area (Å²) in [5.74, 6) is 0. The van der Waals surface area contributed by atoms with Crippen LogP contribution in [0, 0.1) is 13.8 Å². The Morgan fingerprint density at radius 2 is 2.00 bits per heavy atom. The fraction of sp³-hybridized carbons (Fsp3) is 0.438. The maximum Gasteiger partial charge on any atom is 0.412 e. The normalized spacial score (nSPS) is 11.1. The fourth-order valence-electron chi connectivity index (χ4n) is 1.47. The number of carbonyl (C=O) groups excluding carboxylic acids is 1. The molecule has 1 atom stereocenters. The highest BCUT2D eigenvalue weighted by atomic mass is 32.1. The van der Waals surface area contributed by atoms with Crippen LogP contribution in [-0.4, -0.2) is 23.3 Å². The Labute approximate surface area is 139 Å². The van der Waals surface area contributed by atoms with Crippen LogP contribution in [0.1, 0.15) is 39.7 Å². The first-order valence-corrected chi connectivity index (χ1v) is 7.80. The predicted molar refractivity (Wildman–Crippen MR) is 99.2 cm³/mol. The second-order valence-corrected chi connectivity index (χ2v) is 4.72. The largest absolute Gasteiger partial charge is 0.440 e. The molecule has 0 aromatic carbocycles. The van der Waals surface area contributed by atoms with Gasteiger partial charge < -0.3 is 4.74 Å². The number of carbonyl (C=O) groups is 1. The molecule has 0 fully saturated rings. The molecule has 1 N–H and O–H groups in total. The van der Waals surface area contributed by atoms with Crippen LogP contribution in [0.25, 0.3) is 0 Å². The highest BCUT2D eigenvalue weighted by molar-refractivity contribution is 7.06. The van der Waals surface area contributed by atoms with Crippen molar-refractivity contribution < 1.29 is 11.0 Å². The van der Waals surface area contributed by atoms with Gasteiger partial charge in [0.25, 0.3) is 0 Å². The highest BCUT2D eigenvalue weighted by Crippen LogP contribution is 2.23. The van der Waals surface area contributed by atoms with Crippen LogP contribution < -0.4 is 5.32 Å². The van der Waals surface area contributed by atoms with E-state index in [-0.39, 0.29) is 1.43 Å². The summed E-state index contributed by atoms with van der Waals surface area (Å²) in [4.78, 5) is 16.5. The van der Waals surface area contributed by atoms with Crippen LogP contribution in [0.3, 0.4) is 0 Å². The van der Waals surface area contributed by atoms with Gasteiger partial charge in [-0.25, -0.2) is 4.79 Å². The molecule has 1 aromatic heterocycles. The number of nitrogens with one attached hydrogen (secondary N) is 1. The number of anilines is 1. The summed E-state index contributed by atoms with van der Waals surface area (Å²) in [6, 6.07) is 0. The molecule has 0 saturated heterocycles. The van der Waals surface area contributed by atoms with Crippen molar-refractivity contribution in [1.29, 1.82) is 0 Å². The summed E-state index contributed by atoms with van der Waals surface area (Å²) in [7, 11) is 0. The van der Waals surface area contributed by atoms with E-state index >= 15 is 0 Å². The van der Waals surface area contributed by atoms with Gasteiger partial charge in [0.15, 0.2) is 0 Å². The standard InChI is InChI=1S/C12H17N3O2S.C2H6.C2H4.H2/c1-6-10(13-5)8(3)17-12(16)14-11-7(2)15-18-9(11)4;2*1-2;/h6,8H,5H2,1-4H3,(H,14,16);1-2H3;1-2H2;1H/b10-6-;;;/t8-;;;/m1.../s1. The molecule has 0 aliphatic rings. The molecule has 0 saturated carbocycles. The van der Waals surface area contributed by atoms with E-state index in [2.05, 4.69) is 34.6 Å². The summed E-state index contributed by atoms with van der Waals surface area (Å²) < 4.78 is 9.35. The Morgan fingerprint density at radius 1 is 1.45 bits per heavy atom. The Bertz CT molecular complexity index is 482. The van der Waals surface area contributed by atoms with Crippen LogP contribution in [0.15, 0.2) is 29.9 Å². The third-order valence-corrected chi connectivity index (χ3v) is 3.28. The average Bonchev–Trinajstić information content (AvgIpc) is 2.84. The van der Waals surface area contributed by atoms with Gasteiger partial charge in [0.05, 0.1) is 17.1 Å². The van der Waals surface area contributed by atoms with Gasteiger partial charge >= 0.3 is 6.09 Å². The number of ether oxygens (including phenoxy) is 1. The van der Waals surface area contributed by atoms with Crippen molar-refractivity contribution in [2.75, 3.05) is 5.32 Å². The minimum Gasteiger partial charge on any atom is -0.440 e. The topological polar surface area (TPSA) is 63.6 Å². The fourth-order valence-corrected chi connectivity index (χ4v) is 2.12. The smallest absolute Gasteiger partial charge is 0.412 e. The maximum absolute atomic E-state index is 11.7. The lowest BCUT2D eigenvalue weighted by atomic mass is 10.3. The number of aromatic nitrogens is 1. The molecule has 0 aliphatic heterocycles. The van der Waals surface area contributed by atoms with Gasteiger partial charge in [-0.3, -0.25) is 10.3 Å². The molecule has 0 spiro atoms. The average molecular weight is 327 g/mol. The number of allylic oxidation sites excluding steroid dienone is 1. The zero-order valence-corrected chi connectivity index (χ0v) is 15.2. The lowest BCUT2D eigenvalue weighted by Gasteiger charge is -2.14. The summed E-state index contributed by atoms with van der Waals surface area (Å²) in [5, 5.41) is 2.69. The summed E-state index contributed by atoms with van der Waals surface area (Å²) >= 11 is 1.35. The van der Waals surface area contributed by atoms with Crippen LogP contribution in [0.4, 0.5) is 10.5 Å². The van der Waals surface area contributed by atoms with E-state index in [1.54, 1.807) is 13.0 Å². The lowest BCUT2D eigenvalue weighted by molar-refractivity contribution is 0.136. The molecule has 5 nitrogen and oxygen atoms in total. The van der Waals surface area contributed by atoms with Crippen molar-refractivity contribution in [1.82, 2.24) is 4.37 Å². The van der Waals surface area contributed by atoms with Crippen LogP contribution in [0.2, 0.25) is 0 Å². The minimum atomic E-state index is -0.517. The van der Waals surface area contributed by atoms with Gasteiger partial charge in [-0.15, -0.1) is 13.2 Å². The van der Waals surface area contributed by atoms with Gasteiger partial charge in [0.2, 0.25) is 0 Å². The Hall–Kier alpha value is -1.95. The number of hydrogen-bond donors (Lipinski definition) is 1. The molecule has 1 aromatic rings. The molecule has 1 heterocycles. The Morgan fingerprint density at radius 3 is 2.36 bits per heavy atom. The van der Waals surface area contributed by atoms with E-state index in [1.807, 2.05) is 34.6 Å². The first kappa shape index (κ1) is 22.3. The second kappa shape index (κ2) is 12.8. The van der Waals surface area contributed by atoms with Crippen molar-refractivity contribution in [3.8, 4) is 0 Å². The maximum atomic E-state index is 11.7. The number of aliphatic imine (C=N–C) groups is 1. The predicted octanol–water partition coefficient (Wildman–Crippen LogP) is 5.38. The van der Waals surface area contributed by atoms with Crippen LogP contribution >= 0.6 is 11.5 Å². The molecule has 0 radical (unpaired) electrons. The van der Waals surface area contributed by atoms with E-state index in [9.17, 15) is 4.79 Å². The zero-order valence-electron chi connectivity index (χ0n) is 14.4. The number of rotatable bonds is 4. The zero-order chi connectivity index (χ0) is 17.7. The van der Waals surface area contributed by atoms with E-state index in [1.165, 1.54) is 11.5 Å². The molecule has 22 heavy (non-hydrogen) atoms. The van der Waals surface area contributed by atoms with Crippen LogP contribution in [0.5, 0.6) is 0 Å². The van der Waals surface area contributed by atoms with E-state index in [0.717, 1.165) is 10.6 Å². The third-order valence-electron chi connectivity index (χ3n) is 2.44. The SMILES string of the molecule is C=C.C=N/C(=C\C)[C@@H](C)OC(=O)Nc1c(C)nsc1C.CC.[HH]. The van der Waals surface area contributed by atoms with Gasteiger partial charge in [0.1, 0.15) is 6.10 Å². The molecule has 0 bridgehead atoms. The van der Waals surface area contributed by atoms with E-state index in [4.69, 9.17) is 4.74 Å². The van der Waals surface area contributed by atoms with Crippen molar-refractivity contribution in [3.05, 3.63) is 35.5 Å². The Kier molecular flexibility index (Phi) is 13.0. The first-order chi connectivity index (χ1) is 10.5. The van der Waals surface area contributed by atoms with Gasteiger partial charge in [-0.2, -0.15) is 4.37 Å². The van der Waals surface area contributed by atoms with Gasteiger partial charge in [0, 0.05) is 6.30 Å².